The van der Waals surface area contributed by atoms with Gasteiger partial charge in [-0.3, -0.25) is 0 Å². The average Bonchev–Trinajstić information content (AvgIpc) is 2.28. The highest BCUT2D eigenvalue weighted by Crippen LogP contribution is 2.29. The zero-order valence-electron chi connectivity index (χ0n) is 11.6. The Morgan fingerprint density at radius 3 is 2.44 bits per heavy atom. The first-order valence-corrected chi connectivity index (χ1v) is 7.40. The molecule has 0 amide bonds. The molecule has 18 heavy (non-hydrogen) atoms. The van der Waals surface area contributed by atoms with Gasteiger partial charge in [0, 0.05) is 23.3 Å². The lowest BCUT2D eigenvalue weighted by molar-refractivity contribution is 0.250. The number of aromatic nitrogens is 2. The van der Waals surface area contributed by atoms with Gasteiger partial charge in [-0.25, -0.2) is 9.97 Å². The second-order valence-corrected chi connectivity index (χ2v) is 6.98. The van der Waals surface area contributed by atoms with Gasteiger partial charge in [0.2, 0.25) is 0 Å². The van der Waals surface area contributed by atoms with Crippen LogP contribution in [0.3, 0.4) is 0 Å². The van der Waals surface area contributed by atoms with Gasteiger partial charge in [0.1, 0.15) is 16.0 Å². The summed E-state index contributed by atoms with van der Waals surface area (Å²) in [7, 11) is 0. The Labute approximate surface area is 118 Å². The molecule has 1 aromatic heterocycles. The number of thioether (sulfide) groups is 1. The molecule has 0 aliphatic heterocycles. The third-order valence-corrected chi connectivity index (χ3v) is 4.30. The molecule has 102 valence electrons. The van der Waals surface area contributed by atoms with Crippen LogP contribution in [0.15, 0.2) is 5.03 Å². The summed E-state index contributed by atoms with van der Waals surface area (Å²) in [5.74, 6) is 1.84. The summed E-state index contributed by atoms with van der Waals surface area (Å²) in [6, 6.07) is 0. The highest BCUT2D eigenvalue weighted by Gasteiger charge is 2.21. The third-order valence-electron chi connectivity index (χ3n) is 2.53. The molecule has 3 nitrogen and oxygen atoms in total. The molecule has 1 heterocycles. The van der Waals surface area contributed by atoms with E-state index in [2.05, 4.69) is 30.7 Å². The maximum Gasteiger partial charge on any atom is 0.136 e. The summed E-state index contributed by atoms with van der Waals surface area (Å²) in [6.07, 6.45) is 0. The summed E-state index contributed by atoms with van der Waals surface area (Å²) >= 11 is 7.79. The van der Waals surface area contributed by atoms with Crippen LogP contribution in [-0.4, -0.2) is 27.4 Å². The van der Waals surface area contributed by atoms with Gasteiger partial charge in [-0.15, -0.1) is 11.8 Å². The Morgan fingerprint density at radius 2 is 1.94 bits per heavy atom. The van der Waals surface area contributed by atoms with Crippen molar-refractivity contribution in [1.82, 2.24) is 9.97 Å². The van der Waals surface area contributed by atoms with Crippen LogP contribution < -0.4 is 0 Å². The summed E-state index contributed by atoms with van der Waals surface area (Å²) in [6.45, 7) is 10.3. The van der Waals surface area contributed by atoms with E-state index >= 15 is 0 Å². The number of aliphatic hydroxyl groups excluding tert-OH is 1. The van der Waals surface area contributed by atoms with Crippen LogP contribution in [0.5, 0.6) is 0 Å². The monoisotopic (exact) mass is 288 g/mol. The molecule has 1 atom stereocenters. The van der Waals surface area contributed by atoms with Crippen molar-refractivity contribution in [2.75, 3.05) is 12.4 Å². The van der Waals surface area contributed by atoms with Gasteiger partial charge in [-0.2, -0.15) is 0 Å². The van der Waals surface area contributed by atoms with Gasteiger partial charge in [-0.05, 0) is 12.8 Å². The minimum atomic E-state index is -0.116. The fourth-order valence-corrected chi connectivity index (χ4v) is 2.46. The number of rotatable bonds is 4. The maximum atomic E-state index is 9.05. The highest BCUT2D eigenvalue weighted by atomic mass is 35.5. The summed E-state index contributed by atoms with van der Waals surface area (Å²) in [5, 5.41) is 10.5. The van der Waals surface area contributed by atoms with Gasteiger partial charge in [-0.1, -0.05) is 39.3 Å². The molecule has 1 N–H and O–H groups in total. The Morgan fingerprint density at radius 1 is 1.33 bits per heavy atom. The van der Waals surface area contributed by atoms with E-state index < -0.39 is 0 Å². The van der Waals surface area contributed by atoms with Crippen molar-refractivity contribution in [2.24, 2.45) is 5.92 Å². The first kappa shape index (κ1) is 15.7. The Hall–Kier alpha value is -0.320. The van der Waals surface area contributed by atoms with Crippen molar-refractivity contribution in [3.63, 3.8) is 0 Å². The first-order chi connectivity index (χ1) is 8.25. The van der Waals surface area contributed by atoms with E-state index in [0.717, 1.165) is 22.2 Å². The van der Waals surface area contributed by atoms with Crippen LogP contribution in [0, 0.1) is 12.8 Å². The minimum Gasteiger partial charge on any atom is -0.396 e. The standard InChI is InChI=1S/C13H21ClN2OS/c1-8(6-17)7-18-11-9(2)10(14)15-12(16-11)13(3,4)5/h8,17H,6-7H2,1-5H3. The largest absolute Gasteiger partial charge is 0.396 e. The van der Waals surface area contributed by atoms with Crippen LogP contribution >= 0.6 is 23.4 Å². The highest BCUT2D eigenvalue weighted by molar-refractivity contribution is 7.99. The Bertz CT molecular complexity index is 418. The average molecular weight is 289 g/mol. The smallest absolute Gasteiger partial charge is 0.136 e. The van der Waals surface area contributed by atoms with Gasteiger partial charge in [0.25, 0.3) is 0 Å². The van der Waals surface area contributed by atoms with Crippen molar-refractivity contribution in [3.8, 4) is 0 Å². The normalized spacial score (nSPS) is 13.7. The lowest BCUT2D eigenvalue weighted by Gasteiger charge is -2.19. The molecule has 0 saturated heterocycles. The fraction of sp³-hybridized carbons (Fsp3) is 0.692. The Balaban J connectivity index is 3.00. The van der Waals surface area contributed by atoms with Gasteiger partial charge in [0.15, 0.2) is 0 Å². The van der Waals surface area contributed by atoms with Crippen LogP contribution in [0.25, 0.3) is 0 Å². The fourth-order valence-electron chi connectivity index (χ4n) is 1.22. The number of halogens is 1. The number of hydrogen-bond donors (Lipinski definition) is 1. The predicted molar refractivity (Wildman–Crippen MR) is 77.5 cm³/mol. The summed E-state index contributed by atoms with van der Waals surface area (Å²) < 4.78 is 0. The number of nitrogens with zero attached hydrogens (tertiary/aromatic N) is 2. The number of aliphatic hydroxyl groups is 1. The van der Waals surface area contributed by atoms with Crippen molar-refractivity contribution in [1.29, 1.82) is 0 Å². The number of hydrogen-bond acceptors (Lipinski definition) is 4. The topological polar surface area (TPSA) is 46.0 Å². The molecule has 0 aromatic carbocycles. The van der Waals surface area contributed by atoms with E-state index in [0.29, 0.717) is 5.15 Å². The van der Waals surface area contributed by atoms with Crippen LogP contribution in [0.4, 0.5) is 0 Å². The lowest BCUT2D eigenvalue weighted by Crippen LogP contribution is -2.17. The van der Waals surface area contributed by atoms with Crippen LogP contribution in [0.1, 0.15) is 39.1 Å². The van der Waals surface area contributed by atoms with Crippen molar-refractivity contribution in [2.45, 2.75) is 45.1 Å². The van der Waals surface area contributed by atoms with E-state index in [1.54, 1.807) is 11.8 Å². The second kappa shape index (κ2) is 6.22. The third kappa shape index (κ3) is 4.11. The van der Waals surface area contributed by atoms with E-state index in [1.165, 1.54) is 0 Å². The molecule has 1 aromatic rings. The van der Waals surface area contributed by atoms with Crippen molar-refractivity contribution in [3.05, 3.63) is 16.5 Å². The molecule has 0 spiro atoms. The quantitative estimate of drug-likeness (QED) is 0.681. The van der Waals surface area contributed by atoms with Gasteiger partial charge in [0.05, 0.1) is 0 Å². The summed E-state index contributed by atoms with van der Waals surface area (Å²) in [4.78, 5) is 8.94. The molecule has 1 unspecified atom stereocenters. The maximum absolute atomic E-state index is 9.05. The summed E-state index contributed by atoms with van der Waals surface area (Å²) in [5.41, 5.74) is 0.801. The molecular formula is C13H21ClN2OS. The van der Waals surface area contributed by atoms with E-state index in [4.69, 9.17) is 16.7 Å². The molecule has 0 aliphatic carbocycles. The van der Waals surface area contributed by atoms with E-state index in [9.17, 15) is 0 Å². The van der Waals surface area contributed by atoms with E-state index in [1.807, 2.05) is 13.8 Å². The molecule has 0 fully saturated rings. The molecule has 0 aliphatic rings. The predicted octanol–water partition coefficient (Wildman–Crippen LogP) is 3.46. The van der Waals surface area contributed by atoms with Crippen molar-refractivity contribution < 1.29 is 5.11 Å². The molecule has 5 heteroatoms. The first-order valence-electron chi connectivity index (χ1n) is 6.04. The van der Waals surface area contributed by atoms with Crippen molar-refractivity contribution >= 4 is 23.4 Å². The van der Waals surface area contributed by atoms with Crippen LogP contribution in [-0.2, 0) is 5.41 Å². The van der Waals surface area contributed by atoms with E-state index in [-0.39, 0.29) is 17.9 Å². The molecule has 0 bridgehead atoms. The molecular weight excluding hydrogens is 268 g/mol. The minimum absolute atomic E-state index is 0.116. The SMILES string of the molecule is Cc1c(Cl)nc(C(C)(C)C)nc1SCC(C)CO. The van der Waals surface area contributed by atoms with Gasteiger partial charge < -0.3 is 5.11 Å². The molecule has 0 saturated carbocycles. The molecule has 1 rings (SSSR count). The molecule has 0 radical (unpaired) electrons. The Kier molecular flexibility index (Phi) is 5.44. The zero-order valence-corrected chi connectivity index (χ0v) is 13.2. The second-order valence-electron chi connectivity index (χ2n) is 5.62. The zero-order chi connectivity index (χ0) is 13.9. The lowest BCUT2D eigenvalue weighted by atomic mass is 9.96. The van der Waals surface area contributed by atoms with Crippen LogP contribution in [0.2, 0.25) is 5.15 Å². The van der Waals surface area contributed by atoms with Gasteiger partial charge >= 0.3 is 0 Å².